The summed E-state index contributed by atoms with van der Waals surface area (Å²) in [5.41, 5.74) is 4.26. The first-order valence-electron chi connectivity index (χ1n) is 9.76. The van der Waals surface area contributed by atoms with Crippen LogP contribution < -0.4 is 14.9 Å². The first kappa shape index (κ1) is 25.3. The molecule has 0 aliphatic rings. The molecule has 1 amide bonds. The number of rotatable bonds is 9. The van der Waals surface area contributed by atoms with E-state index >= 15 is 0 Å². The zero-order valence-corrected chi connectivity index (χ0v) is 20.0. The summed E-state index contributed by atoms with van der Waals surface area (Å²) in [6.07, 6.45) is 1.42. The lowest BCUT2D eigenvalue weighted by Crippen LogP contribution is -2.19. The molecule has 0 saturated carbocycles. The van der Waals surface area contributed by atoms with E-state index in [1.54, 1.807) is 30.3 Å². The fourth-order valence-corrected chi connectivity index (χ4v) is 3.62. The Labute approximate surface area is 210 Å². The van der Waals surface area contributed by atoms with Crippen LogP contribution in [0.4, 0.5) is 5.69 Å². The van der Waals surface area contributed by atoms with Crippen LogP contribution in [-0.2, 0) is 17.8 Å². The fourth-order valence-electron chi connectivity index (χ4n) is 2.88. The number of nitro benzene ring substituents is 1. The molecule has 0 bridgehead atoms. The SMILES string of the molecule is COc1cc(/C=N\NC(=O)Cc2ccc([N+](=O)[O-])cc2)cc(Cl)c1OCc1ccc(Cl)cc1Cl. The van der Waals surface area contributed by atoms with E-state index in [1.165, 1.54) is 37.6 Å². The summed E-state index contributed by atoms with van der Waals surface area (Å²) in [6, 6.07) is 14.0. The first-order valence-corrected chi connectivity index (χ1v) is 10.9. The Morgan fingerprint density at radius 1 is 1.09 bits per heavy atom. The maximum absolute atomic E-state index is 12.1. The molecule has 8 nitrogen and oxygen atoms in total. The topological polar surface area (TPSA) is 103 Å². The highest BCUT2D eigenvalue weighted by molar-refractivity contribution is 6.35. The third kappa shape index (κ3) is 6.84. The lowest BCUT2D eigenvalue weighted by molar-refractivity contribution is -0.384. The molecule has 176 valence electrons. The number of amides is 1. The van der Waals surface area contributed by atoms with E-state index in [-0.39, 0.29) is 29.6 Å². The number of nitrogens with one attached hydrogen (secondary N) is 1. The Morgan fingerprint density at radius 3 is 2.47 bits per heavy atom. The van der Waals surface area contributed by atoms with Gasteiger partial charge in [-0.1, -0.05) is 53.0 Å². The highest BCUT2D eigenvalue weighted by Gasteiger charge is 2.13. The molecule has 0 spiro atoms. The van der Waals surface area contributed by atoms with Gasteiger partial charge >= 0.3 is 0 Å². The van der Waals surface area contributed by atoms with Gasteiger partial charge in [0, 0.05) is 27.7 Å². The summed E-state index contributed by atoms with van der Waals surface area (Å²) in [7, 11) is 1.47. The number of carbonyl (C=O) groups excluding carboxylic acids is 1. The van der Waals surface area contributed by atoms with Gasteiger partial charge in [0.2, 0.25) is 5.91 Å². The molecule has 0 aliphatic heterocycles. The van der Waals surface area contributed by atoms with Gasteiger partial charge in [-0.05, 0) is 35.4 Å². The summed E-state index contributed by atoms with van der Waals surface area (Å²) in [5, 5.41) is 15.9. The van der Waals surface area contributed by atoms with Crippen molar-refractivity contribution in [2.45, 2.75) is 13.0 Å². The summed E-state index contributed by atoms with van der Waals surface area (Å²) in [6.45, 7) is 0.151. The van der Waals surface area contributed by atoms with Crippen LogP contribution in [0.2, 0.25) is 15.1 Å². The Balaban J connectivity index is 1.62. The smallest absolute Gasteiger partial charge is 0.269 e. The van der Waals surface area contributed by atoms with E-state index < -0.39 is 4.92 Å². The summed E-state index contributed by atoms with van der Waals surface area (Å²) in [5.74, 6) is 0.314. The van der Waals surface area contributed by atoms with Crippen molar-refractivity contribution in [3.63, 3.8) is 0 Å². The molecule has 3 rings (SSSR count). The normalized spacial score (nSPS) is 10.8. The molecular formula is C23H18Cl3N3O5. The van der Waals surface area contributed by atoms with Crippen molar-refractivity contribution in [1.29, 1.82) is 0 Å². The van der Waals surface area contributed by atoms with Crippen molar-refractivity contribution < 1.29 is 19.2 Å². The molecule has 3 aromatic rings. The van der Waals surface area contributed by atoms with Gasteiger partial charge in [-0.15, -0.1) is 0 Å². The number of methoxy groups -OCH3 is 1. The quantitative estimate of drug-likeness (QED) is 0.216. The number of hydrogen-bond acceptors (Lipinski definition) is 6. The molecule has 0 saturated heterocycles. The molecule has 0 aliphatic carbocycles. The molecule has 0 atom stereocenters. The minimum Gasteiger partial charge on any atom is -0.493 e. The van der Waals surface area contributed by atoms with Gasteiger partial charge in [-0.2, -0.15) is 5.10 Å². The van der Waals surface area contributed by atoms with Gasteiger partial charge in [0.15, 0.2) is 11.5 Å². The minimum absolute atomic E-state index is 0.0133. The molecule has 3 aromatic carbocycles. The van der Waals surface area contributed by atoms with Crippen LogP contribution in [-0.4, -0.2) is 24.2 Å². The number of non-ortho nitro benzene ring substituents is 1. The second-order valence-corrected chi connectivity index (χ2v) is 8.20. The van der Waals surface area contributed by atoms with Crippen molar-refractivity contribution in [3.05, 3.63) is 96.5 Å². The van der Waals surface area contributed by atoms with Crippen LogP contribution in [0.5, 0.6) is 11.5 Å². The van der Waals surface area contributed by atoms with E-state index in [0.717, 1.165) is 5.56 Å². The van der Waals surface area contributed by atoms with Crippen molar-refractivity contribution in [3.8, 4) is 11.5 Å². The zero-order valence-electron chi connectivity index (χ0n) is 17.8. The lowest BCUT2D eigenvalue weighted by atomic mass is 10.1. The molecule has 0 radical (unpaired) electrons. The van der Waals surface area contributed by atoms with Crippen molar-refractivity contribution >= 4 is 52.6 Å². The van der Waals surface area contributed by atoms with Crippen LogP contribution in [0.25, 0.3) is 0 Å². The predicted molar refractivity (Wildman–Crippen MR) is 131 cm³/mol. The number of nitrogens with zero attached hydrogens (tertiary/aromatic N) is 2. The second-order valence-electron chi connectivity index (χ2n) is 6.95. The van der Waals surface area contributed by atoms with Gasteiger partial charge in [0.05, 0.1) is 29.7 Å². The van der Waals surface area contributed by atoms with E-state index in [9.17, 15) is 14.9 Å². The van der Waals surface area contributed by atoms with Crippen LogP contribution in [0.3, 0.4) is 0 Å². The van der Waals surface area contributed by atoms with Crippen molar-refractivity contribution in [2.24, 2.45) is 5.10 Å². The number of ether oxygens (including phenoxy) is 2. The number of hydrogen-bond donors (Lipinski definition) is 1. The van der Waals surface area contributed by atoms with Crippen LogP contribution in [0.15, 0.2) is 59.7 Å². The summed E-state index contributed by atoms with van der Waals surface area (Å²) >= 11 is 18.5. The van der Waals surface area contributed by atoms with Gasteiger partial charge in [-0.3, -0.25) is 14.9 Å². The number of carbonyl (C=O) groups is 1. The standard InChI is InChI=1S/C23H18Cl3N3O5/c1-33-21-9-15(8-20(26)23(21)34-13-16-4-5-17(24)11-19(16)25)12-27-28-22(30)10-14-2-6-18(7-3-14)29(31)32/h2-9,11-12H,10,13H2,1H3,(H,28,30)/b27-12-. The maximum atomic E-state index is 12.1. The van der Waals surface area contributed by atoms with E-state index in [1.807, 2.05) is 0 Å². The molecule has 1 N–H and O–H groups in total. The van der Waals surface area contributed by atoms with Gasteiger partial charge in [0.25, 0.3) is 5.69 Å². The third-order valence-electron chi connectivity index (χ3n) is 4.55. The summed E-state index contributed by atoms with van der Waals surface area (Å²) in [4.78, 5) is 22.3. The van der Waals surface area contributed by atoms with Gasteiger partial charge in [0.1, 0.15) is 6.61 Å². The molecule has 0 fully saturated rings. The van der Waals surface area contributed by atoms with E-state index in [4.69, 9.17) is 44.3 Å². The van der Waals surface area contributed by atoms with Gasteiger partial charge < -0.3 is 9.47 Å². The average molecular weight is 523 g/mol. The molecular weight excluding hydrogens is 505 g/mol. The zero-order chi connectivity index (χ0) is 24.7. The Bertz CT molecular complexity index is 1230. The fraction of sp³-hybridized carbons (Fsp3) is 0.130. The molecule has 0 unspecified atom stereocenters. The van der Waals surface area contributed by atoms with Crippen LogP contribution in [0.1, 0.15) is 16.7 Å². The Kier molecular flexibility index (Phi) is 8.70. The van der Waals surface area contributed by atoms with Crippen LogP contribution >= 0.6 is 34.8 Å². The molecule has 11 heteroatoms. The number of hydrazone groups is 1. The maximum Gasteiger partial charge on any atom is 0.269 e. The van der Waals surface area contributed by atoms with Gasteiger partial charge in [-0.25, -0.2) is 5.43 Å². The van der Waals surface area contributed by atoms with Crippen molar-refractivity contribution in [1.82, 2.24) is 5.43 Å². The largest absolute Gasteiger partial charge is 0.493 e. The minimum atomic E-state index is -0.503. The molecule has 0 heterocycles. The predicted octanol–water partition coefficient (Wildman–Crippen LogP) is 5.84. The monoisotopic (exact) mass is 521 g/mol. The first-order chi connectivity index (χ1) is 16.3. The number of halogens is 3. The highest BCUT2D eigenvalue weighted by Crippen LogP contribution is 2.37. The molecule has 34 heavy (non-hydrogen) atoms. The van der Waals surface area contributed by atoms with E-state index in [2.05, 4.69) is 10.5 Å². The molecule has 0 aromatic heterocycles. The number of benzene rings is 3. The van der Waals surface area contributed by atoms with Crippen molar-refractivity contribution in [2.75, 3.05) is 7.11 Å². The average Bonchev–Trinajstić information content (AvgIpc) is 2.79. The highest BCUT2D eigenvalue weighted by atomic mass is 35.5. The Morgan fingerprint density at radius 2 is 1.82 bits per heavy atom. The lowest BCUT2D eigenvalue weighted by Gasteiger charge is -2.14. The van der Waals surface area contributed by atoms with E-state index in [0.29, 0.717) is 32.7 Å². The third-order valence-corrected chi connectivity index (χ3v) is 5.42. The summed E-state index contributed by atoms with van der Waals surface area (Å²) < 4.78 is 11.2. The second kappa shape index (κ2) is 11.7. The Hall–Kier alpha value is -3.33. The number of nitro groups is 1. The van der Waals surface area contributed by atoms with Crippen LogP contribution in [0, 0.1) is 10.1 Å².